The Morgan fingerprint density at radius 1 is 0.862 bits per heavy atom. The molecule has 3 heterocycles. The minimum absolute atomic E-state index is 0.00895. The Hall–Kier alpha value is -2.30. The second kappa shape index (κ2) is 8.21. The summed E-state index contributed by atoms with van der Waals surface area (Å²) in [6.45, 7) is 5.53. The molecule has 2 aromatic rings. The molecule has 29 heavy (non-hydrogen) atoms. The van der Waals surface area contributed by atoms with Crippen molar-refractivity contribution in [2.24, 2.45) is 0 Å². The van der Waals surface area contributed by atoms with E-state index in [-0.39, 0.29) is 4.90 Å². The molecular formula is C19H25FN6O2S. The van der Waals surface area contributed by atoms with Gasteiger partial charge < -0.3 is 14.7 Å². The third-order valence-electron chi connectivity index (χ3n) is 5.46. The van der Waals surface area contributed by atoms with E-state index in [1.807, 2.05) is 6.07 Å². The quantitative estimate of drug-likeness (QED) is 0.727. The van der Waals surface area contributed by atoms with Crippen molar-refractivity contribution >= 4 is 21.7 Å². The molecule has 2 saturated heterocycles. The van der Waals surface area contributed by atoms with Gasteiger partial charge in [-0.2, -0.15) is 4.31 Å². The lowest BCUT2D eigenvalue weighted by Crippen LogP contribution is -2.49. The van der Waals surface area contributed by atoms with Crippen molar-refractivity contribution in [3.05, 3.63) is 42.5 Å². The van der Waals surface area contributed by atoms with Gasteiger partial charge >= 0.3 is 0 Å². The highest BCUT2D eigenvalue weighted by Crippen LogP contribution is 2.23. The van der Waals surface area contributed by atoms with Crippen molar-refractivity contribution in [1.29, 1.82) is 0 Å². The number of halogens is 1. The summed E-state index contributed by atoms with van der Waals surface area (Å²) in [5.41, 5.74) is 0. The number of aromatic nitrogens is 2. The second-order valence-electron chi connectivity index (χ2n) is 7.37. The van der Waals surface area contributed by atoms with Gasteiger partial charge in [-0.3, -0.25) is 0 Å². The van der Waals surface area contributed by atoms with Gasteiger partial charge in [-0.25, -0.2) is 22.8 Å². The summed E-state index contributed by atoms with van der Waals surface area (Å²) in [5.74, 6) is 1.15. The molecular weight excluding hydrogens is 395 g/mol. The monoisotopic (exact) mass is 420 g/mol. The summed E-state index contributed by atoms with van der Waals surface area (Å²) >= 11 is 0. The molecule has 0 unspecified atom stereocenters. The summed E-state index contributed by atoms with van der Waals surface area (Å²) in [4.78, 5) is 15.4. The summed E-state index contributed by atoms with van der Waals surface area (Å²) in [6, 6.07) is 7.12. The zero-order valence-electron chi connectivity index (χ0n) is 16.4. The normalized spacial score (nSPS) is 19.5. The fourth-order valence-corrected chi connectivity index (χ4v) is 5.11. The van der Waals surface area contributed by atoms with Gasteiger partial charge in [0.1, 0.15) is 23.8 Å². The number of nitrogens with zero attached hydrogens (tertiary/aromatic N) is 6. The second-order valence-corrected chi connectivity index (χ2v) is 9.31. The van der Waals surface area contributed by atoms with E-state index in [2.05, 4.69) is 31.7 Å². The average molecular weight is 421 g/mol. The van der Waals surface area contributed by atoms with Crippen molar-refractivity contribution in [1.82, 2.24) is 19.2 Å². The van der Waals surface area contributed by atoms with E-state index in [0.717, 1.165) is 43.9 Å². The Morgan fingerprint density at radius 3 is 2.03 bits per heavy atom. The molecule has 1 aromatic heterocycles. The summed E-state index contributed by atoms with van der Waals surface area (Å²) in [7, 11) is -1.59. The molecule has 0 aliphatic carbocycles. The molecule has 2 fully saturated rings. The molecule has 0 spiro atoms. The molecule has 0 bridgehead atoms. The van der Waals surface area contributed by atoms with Crippen molar-refractivity contribution in [3.63, 3.8) is 0 Å². The molecule has 4 rings (SSSR count). The third kappa shape index (κ3) is 4.34. The lowest BCUT2D eigenvalue weighted by atomic mass is 10.3. The van der Waals surface area contributed by atoms with Crippen LogP contribution in [0, 0.1) is 5.82 Å². The van der Waals surface area contributed by atoms with Crippen LogP contribution in [0.5, 0.6) is 0 Å². The first-order valence-corrected chi connectivity index (χ1v) is 11.1. The number of benzene rings is 1. The van der Waals surface area contributed by atoms with E-state index in [0.29, 0.717) is 26.2 Å². The fraction of sp³-hybridized carbons (Fsp3) is 0.474. The zero-order chi connectivity index (χ0) is 20.4. The van der Waals surface area contributed by atoms with Crippen LogP contribution in [0.15, 0.2) is 41.6 Å². The van der Waals surface area contributed by atoms with E-state index in [1.165, 1.54) is 22.5 Å². The largest absolute Gasteiger partial charge is 0.354 e. The molecule has 0 amide bonds. The number of sulfonamides is 1. The van der Waals surface area contributed by atoms with Crippen molar-refractivity contribution in [2.45, 2.75) is 4.90 Å². The predicted molar refractivity (Wildman–Crippen MR) is 109 cm³/mol. The van der Waals surface area contributed by atoms with E-state index in [1.54, 1.807) is 6.33 Å². The first-order valence-electron chi connectivity index (χ1n) is 9.70. The summed E-state index contributed by atoms with van der Waals surface area (Å²) < 4.78 is 40.4. The Bertz CT molecular complexity index is 957. The first kappa shape index (κ1) is 20.0. The smallest absolute Gasteiger partial charge is 0.243 e. The fourth-order valence-electron chi connectivity index (χ4n) is 3.65. The van der Waals surface area contributed by atoms with Crippen LogP contribution in [0.25, 0.3) is 0 Å². The molecule has 10 heteroatoms. The van der Waals surface area contributed by atoms with Crippen LogP contribution in [0.2, 0.25) is 0 Å². The number of likely N-dealkylation sites (N-methyl/N-ethyl adjacent to an activating group) is 1. The van der Waals surface area contributed by atoms with Crippen LogP contribution in [-0.4, -0.2) is 87.0 Å². The highest BCUT2D eigenvalue weighted by atomic mass is 32.2. The molecule has 2 aliphatic rings. The number of hydrogen-bond acceptors (Lipinski definition) is 7. The Balaban J connectivity index is 1.43. The Morgan fingerprint density at radius 2 is 1.45 bits per heavy atom. The molecule has 0 atom stereocenters. The van der Waals surface area contributed by atoms with Crippen LogP contribution in [-0.2, 0) is 10.0 Å². The lowest BCUT2D eigenvalue weighted by molar-refractivity contribution is 0.312. The molecule has 156 valence electrons. The van der Waals surface area contributed by atoms with Gasteiger partial charge in [0.15, 0.2) is 0 Å². The van der Waals surface area contributed by atoms with Crippen molar-refractivity contribution < 1.29 is 12.8 Å². The first-order chi connectivity index (χ1) is 13.9. The predicted octanol–water partition coefficient (Wildman–Crippen LogP) is 0.878. The number of rotatable bonds is 4. The summed E-state index contributed by atoms with van der Waals surface area (Å²) in [6.07, 6.45) is 1.57. The number of anilines is 2. The Labute approximate surface area is 170 Å². The maximum atomic E-state index is 13.4. The average Bonchev–Trinajstić information content (AvgIpc) is 2.74. The van der Waals surface area contributed by atoms with Gasteiger partial charge in [-0.05, 0) is 25.2 Å². The highest BCUT2D eigenvalue weighted by molar-refractivity contribution is 7.89. The van der Waals surface area contributed by atoms with E-state index >= 15 is 0 Å². The van der Waals surface area contributed by atoms with Gasteiger partial charge in [-0.15, -0.1) is 0 Å². The molecule has 1 aromatic carbocycles. The van der Waals surface area contributed by atoms with Crippen molar-refractivity contribution in [2.75, 3.05) is 69.2 Å². The lowest BCUT2D eigenvalue weighted by Gasteiger charge is -2.36. The van der Waals surface area contributed by atoms with Gasteiger partial charge in [0.2, 0.25) is 10.0 Å². The third-order valence-corrected chi connectivity index (χ3v) is 7.36. The number of piperazine rings is 2. The van der Waals surface area contributed by atoms with Gasteiger partial charge in [0, 0.05) is 58.4 Å². The molecule has 0 saturated carbocycles. The van der Waals surface area contributed by atoms with Crippen LogP contribution in [0.3, 0.4) is 0 Å². The standard InChI is InChI=1S/C19H25FN6O2S/c1-23-5-7-24(8-6-23)18-14-19(22-15-21-18)25-9-11-26(12-10-25)29(27,28)17-4-2-3-16(20)13-17/h2-4,13-15H,5-12H2,1H3. The number of hydrogen-bond donors (Lipinski definition) is 0. The van der Waals surface area contributed by atoms with E-state index < -0.39 is 15.8 Å². The molecule has 8 nitrogen and oxygen atoms in total. The minimum atomic E-state index is -3.70. The van der Waals surface area contributed by atoms with E-state index in [4.69, 9.17) is 0 Å². The van der Waals surface area contributed by atoms with Crippen LogP contribution in [0.4, 0.5) is 16.0 Å². The Kier molecular flexibility index (Phi) is 5.66. The minimum Gasteiger partial charge on any atom is -0.354 e. The maximum Gasteiger partial charge on any atom is 0.243 e. The van der Waals surface area contributed by atoms with Gasteiger partial charge in [0.05, 0.1) is 4.90 Å². The maximum absolute atomic E-state index is 13.4. The van der Waals surface area contributed by atoms with Crippen LogP contribution >= 0.6 is 0 Å². The molecule has 0 radical (unpaired) electrons. The highest BCUT2D eigenvalue weighted by Gasteiger charge is 2.29. The molecule has 0 N–H and O–H groups in total. The topological polar surface area (TPSA) is 72.9 Å². The van der Waals surface area contributed by atoms with E-state index in [9.17, 15) is 12.8 Å². The summed E-state index contributed by atoms with van der Waals surface area (Å²) in [5, 5.41) is 0. The molecule has 2 aliphatic heterocycles. The van der Waals surface area contributed by atoms with Crippen LogP contribution in [0.1, 0.15) is 0 Å². The SMILES string of the molecule is CN1CCN(c2cc(N3CCN(S(=O)(=O)c4cccc(F)c4)CC3)ncn2)CC1. The van der Waals surface area contributed by atoms with Gasteiger partial charge in [-0.1, -0.05) is 6.07 Å². The van der Waals surface area contributed by atoms with Crippen LogP contribution < -0.4 is 9.80 Å². The van der Waals surface area contributed by atoms with Gasteiger partial charge in [0.25, 0.3) is 0 Å². The van der Waals surface area contributed by atoms with Crippen molar-refractivity contribution in [3.8, 4) is 0 Å². The zero-order valence-corrected chi connectivity index (χ0v) is 17.2.